The van der Waals surface area contributed by atoms with E-state index in [-0.39, 0.29) is 23.7 Å². The first-order chi connectivity index (χ1) is 16.0. The smallest absolute Gasteiger partial charge is 0.270 e. The first kappa shape index (κ1) is 23.3. The zero-order valence-corrected chi connectivity index (χ0v) is 18.1. The molecule has 10 heteroatoms. The van der Waals surface area contributed by atoms with E-state index in [9.17, 15) is 31.5 Å². The molecule has 0 unspecified atom stereocenters. The average Bonchev–Trinajstić information content (AvgIpc) is 2.92. The van der Waals surface area contributed by atoms with Crippen LogP contribution in [0, 0.1) is 29.1 Å². The molecule has 34 heavy (non-hydrogen) atoms. The van der Waals surface area contributed by atoms with E-state index in [0.717, 1.165) is 12.1 Å². The molecule has 1 N–H and O–H groups in total. The van der Waals surface area contributed by atoms with Crippen LogP contribution in [0.15, 0.2) is 42.6 Å². The van der Waals surface area contributed by atoms with Crippen LogP contribution in [0.1, 0.15) is 41.0 Å². The summed E-state index contributed by atoms with van der Waals surface area (Å²) in [4.78, 5) is 31.0. The molecule has 0 radical (unpaired) electrons. The van der Waals surface area contributed by atoms with Gasteiger partial charge in [0.1, 0.15) is 34.8 Å². The van der Waals surface area contributed by atoms with Gasteiger partial charge in [-0.2, -0.15) is 0 Å². The van der Waals surface area contributed by atoms with Crippen LogP contribution in [0.25, 0.3) is 0 Å². The molecular formula is C24H18F5N3O2. The Morgan fingerprint density at radius 3 is 2.15 bits per heavy atom. The van der Waals surface area contributed by atoms with E-state index in [1.54, 1.807) is 13.8 Å². The molecule has 0 spiro atoms. The number of nitrogens with one attached hydrogen (secondary N) is 1. The number of carbonyl (C=O) groups excluding carboxylic acids is 2. The number of benzene rings is 2. The summed E-state index contributed by atoms with van der Waals surface area (Å²) in [6.07, 6.45) is 1.34. The zero-order chi connectivity index (χ0) is 24.8. The lowest BCUT2D eigenvalue weighted by Gasteiger charge is -2.20. The number of rotatable bonds is 5. The molecule has 176 valence electrons. The van der Waals surface area contributed by atoms with Crippen molar-refractivity contribution in [2.45, 2.75) is 32.4 Å². The lowest BCUT2D eigenvalue weighted by atomic mass is 9.87. The summed E-state index contributed by atoms with van der Waals surface area (Å²) in [5.74, 6) is -6.13. The van der Waals surface area contributed by atoms with Crippen molar-refractivity contribution in [3.63, 3.8) is 0 Å². The largest absolute Gasteiger partial charge is 0.346 e. The van der Waals surface area contributed by atoms with Gasteiger partial charge in [-0.05, 0) is 37.6 Å². The molecule has 1 aliphatic rings. The fourth-order valence-electron chi connectivity index (χ4n) is 3.88. The summed E-state index contributed by atoms with van der Waals surface area (Å²) in [7, 11) is 0. The third-order valence-electron chi connectivity index (χ3n) is 5.65. The van der Waals surface area contributed by atoms with Crippen molar-refractivity contribution < 1.29 is 31.5 Å². The van der Waals surface area contributed by atoms with Crippen molar-refractivity contribution in [1.29, 1.82) is 0 Å². The number of amides is 2. The van der Waals surface area contributed by atoms with Gasteiger partial charge >= 0.3 is 0 Å². The maximum atomic E-state index is 13.8. The van der Waals surface area contributed by atoms with Crippen LogP contribution < -0.4 is 10.2 Å². The van der Waals surface area contributed by atoms with Crippen molar-refractivity contribution >= 4 is 17.5 Å². The highest BCUT2D eigenvalue weighted by atomic mass is 19.2. The van der Waals surface area contributed by atoms with Gasteiger partial charge in [0.2, 0.25) is 5.91 Å². The van der Waals surface area contributed by atoms with Gasteiger partial charge in [-0.25, -0.2) is 22.0 Å². The van der Waals surface area contributed by atoms with Crippen LogP contribution in [-0.4, -0.2) is 16.8 Å². The minimum Gasteiger partial charge on any atom is -0.346 e. The SMILES string of the molecule is CC1(C)C(=O)N(Cc2cc(F)cc(F)c2)c2cc(C(=O)NCc3c(F)cc(F)cc3F)ncc21. The van der Waals surface area contributed by atoms with E-state index < -0.39 is 52.5 Å². The first-order valence-electron chi connectivity index (χ1n) is 10.2. The van der Waals surface area contributed by atoms with E-state index >= 15 is 0 Å². The molecule has 0 aliphatic carbocycles. The topological polar surface area (TPSA) is 62.3 Å². The summed E-state index contributed by atoms with van der Waals surface area (Å²) < 4.78 is 68.0. The lowest BCUT2D eigenvalue weighted by molar-refractivity contribution is -0.122. The molecule has 0 saturated heterocycles. The number of anilines is 1. The highest BCUT2D eigenvalue weighted by molar-refractivity contribution is 6.08. The molecule has 1 aliphatic heterocycles. The molecule has 2 amide bonds. The van der Waals surface area contributed by atoms with Gasteiger partial charge in [0.05, 0.1) is 17.6 Å². The van der Waals surface area contributed by atoms with Gasteiger partial charge in [0.25, 0.3) is 5.91 Å². The Kier molecular flexibility index (Phi) is 5.84. The number of nitrogens with zero attached hydrogens (tertiary/aromatic N) is 2. The summed E-state index contributed by atoms with van der Waals surface area (Å²) in [5, 5.41) is 2.31. The number of halogens is 5. The quantitative estimate of drug-likeness (QED) is 0.552. The van der Waals surface area contributed by atoms with Gasteiger partial charge in [0, 0.05) is 42.1 Å². The Balaban J connectivity index is 1.61. The molecule has 0 saturated carbocycles. The van der Waals surface area contributed by atoms with Crippen molar-refractivity contribution in [3.05, 3.63) is 94.1 Å². The Morgan fingerprint density at radius 1 is 0.941 bits per heavy atom. The monoisotopic (exact) mass is 475 g/mol. The number of hydrogen-bond donors (Lipinski definition) is 1. The number of carbonyl (C=O) groups is 2. The fraction of sp³-hybridized carbons (Fsp3) is 0.208. The van der Waals surface area contributed by atoms with Crippen LogP contribution in [0.5, 0.6) is 0 Å². The van der Waals surface area contributed by atoms with E-state index in [4.69, 9.17) is 0 Å². The minimum absolute atomic E-state index is 0.150. The normalized spacial score (nSPS) is 14.3. The summed E-state index contributed by atoms with van der Waals surface area (Å²) >= 11 is 0. The van der Waals surface area contributed by atoms with Gasteiger partial charge in [-0.3, -0.25) is 14.6 Å². The molecule has 1 aromatic heterocycles. The standard InChI is InChI=1S/C24H18F5N3O2/c1-24(2)17-10-30-20(22(33)31-9-16-18(28)6-15(27)7-19(16)29)8-21(17)32(23(24)34)11-12-3-13(25)5-14(26)4-12/h3-8,10H,9,11H2,1-2H3,(H,31,33). The molecule has 2 aromatic carbocycles. The molecule has 5 nitrogen and oxygen atoms in total. The third kappa shape index (κ3) is 4.23. The van der Waals surface area contributed by atoms with E-state index in [0.29, 0.717) is 29.4 Å². The molecule has 3 aromatic rings. The Labute approximate surface area is 191 Å². The number of aromatic nitrogens is 1. The Morgan fingerprint density at radius 2 is 1.53 bits per heavy atom. The maximum Gasteiger partial charge on any atom is 0.270 e. The van der Waals surface area contributed by atoms with Crippen molar-refractivity contribution in [2.24, 2.45) is 0 Å². The first-order valence-corrected chi connectivity index (χ1v) is 10.2. The van der Waals surface area contributed by atoms with Crippen molar-refractivity contribution in [2.75, 3.05) is 4.90 Å². The lowest BCUT2D eigenvalue weighted by Crippen LogP contribution is -2.35. The van der Waals surface area contributed by atoms with Crippen LogP contribution in [0.3, 0.4) is 0 Å². The van der Waals surface area contributed by atoms with Crippen LogP contribution in [0.2, 0.25) is 0 Å². The predicted octanol–water partition coefficient (Wildman–Crippen LogP) is 4.53. The highest BCUT2D eigenvalue weighted by Gasteiger charge is 2.44. The van der Waals surface area contributed by atoms with Crippen molar-refractivity contribution in [3.8, 4) is 0 Å². The molecule has 2 heterocycles. The zero-order valence-electron chi connectivity index (χ0n) is 18.1. The van der Waals surface area contributed by atoms with Gasteiger partial charge in [0.15, 0.2) is 0 Å². The molecule has 0 fully saturated rings. The predicted molar refractivity (Wildman–Crippen MR) is 112 cm³/mol. The molecular weight excluding hydrogens is 457 g/mol. The van der Waals surface area contributed by atoms with Gasteiger partial charge < -0.3 is 10.2 Å². The summed E-state index contributed by atoms with van der Waals surface area (Å²) in [5.41, 5.74) is -0.659. The van der Waals surface area contributed by atoms with Gasteiger partial charge in [-0.1, -0.05) is 0 Å². The van der Waals surface area contributed by atoms with E-state index in [1.807, 2.05) is 0 Å². The minimum atomic E-state index is -1.15. The highest BCUT2D eigenvalue weighted by Crippen LogP contribution is 2.42. The van der Waals surface area contributed by atoms with Crippen LogP contribution in [0.4, 0.5) is 27.6 Å². The molecule has 0 bridgehead atoms. The molecule has 0 atom stereocenters. The van der Waals surface area contributed by atoms with Crippen LogP contribution in [-0.2, 0) is 23.3 Å². The van der Waals surface area contributed by atoms with Crippen LogP contribution >= 0.6 is 0 Å². The second kappa shape index (κ2) is 8.51. The second-order valence-corrected chi connectivity index (χ2v) is 8.41. The Hall–Kier alpha value is -3.82. The maximum absolute atomic E-state index is 13.8. The Bertz CT molecular complexity index is 1280. The van der Waals surface area contributed by atoms with Crippen molar-refractivity contribution in [1.82, 2.24) is 10.3 Å². The third-order valence-corrected chi connectivity index (χ3v) is 5.65. The average molecular weight is 475 g/mol. The number of pyridine rings is 1. The fourth-order valence-corrected chi connectivity index (χ4v) is 3.88. The number of fused-ring (bicyclic) bond motifs is 1. The molecule has 4 rings (SSSR count). The van der Waals surface area contributed by atoms with Gasteiger partial charge in [-0.15, -0.1) is 0 Å². The van der Waals surface area contributed by atoms with E-state index in [2.05, 4.69) is 10.3 Å². The summed E-state index contributed by atoms with van der Waals surface area (Å²) in [6, 6.07) is 5.23. The number of hydrogen-bond acceptors (Lipinski definition) is 3. The summed E-state index contributed by atoms with van der Waals surface area (Å²) in [6.45, 7) is 2.59. The van der Waals surface area contributed by atoms with E-state index in [1.165, 1.54) is 17.2 Å². The second-order valence-electron chi connectivity index (χ2n) is 8.41.